The zero-order valence-electron chi connectivity index (χ0n) is 14.2. The number of nitrogens with zero attached hydrogens (tertiary/aromatic N) is 3. The van der Waals surface area contributed by atoms with E-state index in [2.05, 4.69) is 20.2 Å². The van der Waals surface area contributed by atoms with Gasteiger partial charge >= 0.3 is 6.18 Å². The molecule has 5 nitrogen and oxygen atoms in total. The van der Waals surface area contributed by atoms with Crippen molar-refractivity contribution in [3.05, 3.63) is 41.7 Å². The maximum absolute atomic E-state index is 13.3. The lowest BCUT2D eigenvalue weighted by molar-refractivity contribution is -0.138. The molecule has 1 aliphatic heterocycles. The summed E-state index contributed by atoms with van der Waals surface area (Å²) in [6.07, 6.45) is -3.02. The van der Waals surface area contributed by atoms with Crippen molar-refractivity contribution in [1.82, 2.24) is 9.97 Å². The van der Waals surface area contributed by atoms with Crippen LogP contribution >= 0.6 is 11.8 Å². The van der Waals surface area contributed by atoms with E-state index in [1.807, 2.05) is 11.8 Å². The van der Waals surface area contributed by atoms with Crippen LogP contribution in [0.5, 0.6) is 5.75 Å². The Morgan fingerprint density at radius 2 is 1.96 bits per heavy atom. The predicted molar refractivity (Wildman–Crippen MR) is 96.9 cm³/mol. The van der Waals surface area contributed by atoms with Gasteiger partial charge in [0.1, 0.15) is 23.7 Å². The molecule has 26 heavy (non-hydrogen) atoms. The quantitative estimate of drug-likeness (QED) is 0.849. The Morgan fingerprint density at radius 3 is 2.65 bits per heavy atom. The highest BCUT2D eigenvalue weighted by Gasteiger charge is 2.33. The number of halogens is 3. The van der Waals surface area contributed by atoms with E-state index in [-0.39, 0.29) is 17.9 Å². The van der Waals surface area contributed by atoms with Crippen molar-refractivity contribution < 1.29 is 17.9 Å². The third-order valence-corrected chi connectivity index (χ3v) is 5.01. The largest absolute Gasteiger partial charge is 0.497 e. The molecule has 140 valence electrons. The van der Waals surface area contributed by atoms with Gasteiger partial charge in [0.05, 0.1) is 12.7 Å². The molecule has 2 aromatic rings. The van der Waals surface area contributed by atoms with Crippen molar-refractivity contribution in [2.45, 2.75) is 12.7 Å². The van der Waals surface area contributed by atoms with Crippen LogP contribution in [0.4, 0.5) is 24.8 Å². The highest BCUT2D eigenvalue weighted by Crippen LogP contribution is 2.34. The van der Waals surface area contributed by atoms with E-state index in [1.54, 1.807) is 6.07 Å². The summed E-state index contributed by atoms with van der Waals surface area (Å²) in [6.45, 7) is 1.81. The van der Waals surface area contributed by atoms with Crippen molar-refractivity contribution in [1.29, 1.82) is 0 Å². The number of ether oxygens (including phenoxy) is 1. The molecule has 1 N–H and O–H groups in total. The third-order valence-electron chi connectivity index (χ3n) is 4.07. The highest BCUT2D eigenvalue weighted by atomic mass is 32.2. The van der Waals surface area contributed by atoms with Gasteiger partial charge in [0.2, 0.25) is 0 Å². The molecule has 1 aliphatic rings. The molecule has 1 aromatic heterocycles. The summed E-state index contributed by atoms with van der Waals surface area (Å²) in [4.78, 5) is 10.5. The van der Waals surface area contributed by atoms with Crippen LogP contribution in [0.2, 0.25) is 0 Å². The normalized spacial score (nSPS) is 15.0. The Bertz CT molecular complexity index is 751. The standard InChI is InChI=1S/C17H19F3N4OS/c1-25-13-3-2-12(14(8-13)17(18,19)20)10-21-15-9-16(23-11-22-15)24-4-6-26-7-5-24/h2-3,8-9,11H,4-7,10H2,1H3,(H,21,22,23). The van der Waals surface area contributed by atoms with Gasteiger partial charge in [-0.3, -0.25) is 0 Å². The summed E-state index contributed by atoms with van der Waals surface area (Å²) < 4.78 is 44.7. The molecule has 1 saturated heterocycles. The van der Waals surface area contributed by atoms with E-state index in [0.29, 0.717) is 5.82 Å². The number of thioether (sulfide) groups is 1. The second-order valence-corrected chi connectivity index (χ2v) is 6.96. The Labute approximate surface area is 154 Å². The fraction of sp³-hybridized carbons (Fsp3) is 0.412. The van der Waals surface area contributed by atoms with Crippen LogP contribution in [0.15, 0.2) is 30.6 Å². The lowest BCUT2D eigenvalue weighted by Crippen LogP contribution is -2.33. The molecule has 0 aliphatic carbocycles. The molecule has 0 amide bonds. The second kappa shape index (κ2) is 8.03. The molecule has 0 unspecified atom stereocenters. The lowest BCUT2D eigenvalue weighted by atomic mass is 10.1. The Hall–Kier alpha value is -2.16. The topological polar surface area (TPSA) is 50.3 Å². The monoisotopic (exact) mass is 384 g/mol. The van der Waals surface area contributed by atoms with Crippen molar-refractivity contribution in [3.8, 4) is 5.75 Å². The number of alkyl halides is 3. The molecule has 0 spiro atoms. The number of benzene rings is 1. The first kappa shape index (κ1) is 18.6. The summed E-state index contributed by atoms with van der Waals surface area (Å²) in [7, 11) is 1.34. The first-order valence-electron chi connectivity index (χ1n) is 8.10. The molecule has 0 bridgehead atoms. The minimum atomic E-state index is -4.45. The average Bonchev–Trinajstić information content (AvgIpc) is 2.66. The molecule has 0 radical (unpaired) electrons. The van der Waals surface area contributed by atoms with Gasteiger partial charge < -0.3 is 15.0 Å². The van der Waals surface area contributed by atoms with E-state index in [4.69, 9.17) is 4.74 Å². The average molecular weight is 384 g/mol. The van der Waals surface area contributed by atoms with Gasteiger partial charge in [0.15, 0.2) is 0 Å². The van der Waals surface area contributed by atoms with E-state index >= 15 is 0 Å². The van der Waals surface area contributed by atoms with Gasteiger partial charge in [-0.2, -0.15) is 24.9 Å². The van der Waals surface area contributed by atoms with Crippen molar-refractivity contribution in [2.24, 2.45) is 0 Å². The SMILES string of the molecule is COc1ccc(CNc2cc(N3CCSCC3)ncn2)c(C(F)(F)F)c1. The zero-order valence-corrected chi connectivity index (χ0v) is 15.0. The fourth-order valence-electron chi connectivity index (χ4n) is 2.70. The van der Waals surface area contributed by atoms with Gasteiger partial charge in [0, 0.05) is 37.2 Å². The van der Waals surface area contributed by atoms with Gasteiger partial charge in [-0.25, -0.2) is 9.97 Å². The van der Waals surface area contributed by atoms with E-state index in [1.165, 1.54) is 25.6 Å². The summed E-state index contributed by atoms with van der Waals surface area (Å²) >= 11 is 1.89. The van der Waals surface area contributed by atoms with Crippen molar-refractivity contribution in [3.63, 3.8) is 0 Å². The Morgan fingerprint density at radius 1 is 1.19 bits per heavy atom. The number of anilines is 2. The van der Waals surface area contributed by atoms with E-state index in [9.17, 15) is 13.2 Å². The number of aromatic nitrogens is 2. The van der Waals surface area contributed by atoms with Crippen LogP contribution in [0.25, 0.3) is 0 Å². The smallest absolute Gasteiger partial charge is 0.416 e. The molecule has 1 fully saturated rings. The molecule has 2 heterocycles. The maximum atomic E-state index is 13.3. The molecular weight excluding hydrogens is 365 g/mol. The lowest BCUT2D eigenvalue weighted by Gasteiger charge is -2.27. The Kier molecular flexibility index (Phi) is 5.75. The summed E-state index contributed by atoms with van der Waals surface area (Å²) in [5.41, 5.74) is -0.584. The predicted octanol–water partition coefficient (Wildman–Crippen LogP) is 3.67. The van der Waals surface area contributed by atoms with Crippen molar-refractivity contribution in [2.75, 3.05) is 41.9 Å². The number of nitrogens with one attached hydrogen (secondary N) is 1. The minimum absolute atomic E-state index is 0.00510. The number of hydrogen-bond donors (Lipinski definition) is 1. The molecule has 0 saturated carbocycles. The number of methoxy groups -OCH3 is 1. The van der Waals surface area contributed by atoms with Crippen LogP contribution in [-0.2, 0) is 12.7 Å². The van der Waals surface area contributed by atoms with E-state index in [0.717, 1.165) is 36.5 Å². The third kappa shape index (κ3) is 4.51. The van der Waals surface area contributed by atoms with Crippen LogP contribution in [0.3, 0.4) is 0 Å². The maximum Gasteiger partial charge on any atom is 0.416 e. The van der Waals surface area contributed by atoms with Crippen LogP contribution in [0, 0.1) is 0 Å². The van der Waals surface area contributed by atoms with Gasteiger partial charge in [0.25, 0.3) is 0 Å². The van der Waals surface area contributed by atoms with Crippen LogP contribution in [-0.4, -0.2) is 41.7 Å². The molecule has 1 aromatic carbocycles. The van der Waals surface area contributed by atoms with Gasteiger partial charge in [-0.1, -0.05) is 6.07 Å². The summed E-state index contributed by atoms with van der Waals surface area (Å²) in [5.74, 6) is 3.53. The van der Waals surface area contributed by atoms with Crippen molar-refractivity contribution >= 4 is 23.4 Å². The van der Waals surface area contributed by atoms with Gasteiger partial charge in [-0.05, 0) is 17.7 Å². The summed E-state index contributed by atoms with van der Waals surface area (Å²) in [5, 5.41) is 2.97. The first-order valence-corrected chi connectivity index (χ1v) is 9.25. The second-order valence-electron chi connectivity index (χ2n) is 5.74. The van der Waals surface area contributed by atoms with Gasteiger partial charge in [-0.15, -0.1) is 0 Å². The van der Waals surface area contributed by atoms with E-state index < -0.39 is 11.7 Å². The first-order chi connectivity index (χ1) is 12.5. The zero-order chi connectivity index (χ0) is 18.6. The highest BCUT2D eigenvalue weighted by molar-refractivity contribution is 7.99. The fourth-order valence-corrected chi connectivity index (χ4v) is 3.60. The van der Waals surface area contributed by atoms with Crippen LogP contribution in [0.1, 0.15) is 11.1 Å². The molecule has 3 rings (SSSR count). The molecular formula is C17H19F3N4OS. The number of rotatable bonds is 5. The molecule has 0 atom stereocenters. The summed E-state index contributed by atoms with van der Waals surface area (Å²) in [6, 6.07) is 5.71. The minimum Gasteiger partial charge on any atom is -0.497 e. The van der Waals surface area contributed by atoms with Crippen LogP contribution < -0.4 is 15.0 Å². The Balaban J connectivity index is 1.75. The number of hydrogen-bond acceptors (Lipinski definition) is 6. The molecule has 9 heteroatoms.